The molecule has 0 spiro atoms. The van der Waals surface area contributed by atoms with Crippen LogP contribution in [0.1, 0.15) is 56.2 Å². The van der Waals surface area contributed by atoms with E-state index in [1.165, 1.54) is 24.0 Å². The molecule has 118 valence electrons. The SMILES string of the molecule is CCCNC(CCC1CCCO1)c1ccc(C)c(OC)c1. The van der Waals surface area contributed by atoms with Crippen molar-refractivity contribution in [3.8, 4) is 5.75 Å². The van der Waals surface area contributed by atoms with Crippen molar-refractivity contribution in [1.82, 2.24) is 5.32 Å². The van der Waals surface area contributed by atoms with Crippen molar-refractivity contribution in [2.45, 2.75) is 58.1 Å². The number of aryl methyl sites for hydroxylation is 1. The molecule has 1 N–H and O–H groups in total. The van der Waals surface area contributed by atoms with Gasteiger partial charge in [0.25, 0.3) is 0 Å². The van der Waals surface area contributed by atoms with Crippen LogP contribution in [0.4, 0.5) is 0 Å². The first-order valence-electron chi connectivity index (χ1n) is 8.24. The van der Waals surface area contributed by atoms with E-state index in [9.17, 15) is 0 Å². The molecule has 3 heteroatoms. The number of nitrogens with one attached hydrogen (secondary N) is 1. The van der Waals surface area contributed by atoms with Crippen LogP contribution in [0.15, 0.2) is 18.2 Å². The summed E-state index contributed by atoms with van der Waals surface area (Å²) in [6.45, 7) is 6.28. The minimum Gasteiger partial charge on any atom is -0.496 e. The van der Waals surface area contributed by atoms with Crippen molar-refractivity contribution in [3.05, 3.63) is 29.3 Å². The van der Waals surface area contributed by atoms with Gasteiger partial charge in [-0.15, -0.1) is 0 Å². The van der Waals surface area contributed by atoms with E-state index in [4.69, 9.17) is 9.47 Å². The highest BCUT2D eigenvalue weighted by atomic mass is 16.5. The topological polar surface area (TPSA) is 30.5 Å². The molecule has 1 aliphatic rings. The number of hydrogen-bond acceptors (Lipinski definition) is 3. The van der Waals surface area contributed by atoms with E-state index >= 15 is 0 Å². The number of hydrogen-bond donors (Lipinski definition) is 1. The maximum atomic E-state index is 5.76. The van der Waals surface area contributed by atoms with Gasteiger partial charge in [-0.1, -0.05) is 19.1 Å². The summed E-state index contributed by atoms with van der Waals surface area (Å²) in [5.74, 6) is 0.980. The molecule has 2 atom stereocenters. The zero-order valence-corrected chi connectivity index (χ0v) is 13.7. The number of ether oxygens (including phenoxy) is 2. The van der Waals surface area contributed by atoms with Gasteiger partial charge in [0.1, 0.15) is 5.75 Å². The third kappa shape index (κ3) is 4.72. The van der Waals surface area contributed by atoms with Gasteiger partial charge in [-0.25, -0.2) is 0 Å². The number of rotatable bonds is 8. The molecule has 1 aliphatic heterocycles. The van der Waals surface area contributed by atoms with E-state index in [1.807, 2.05) is 0 Å². The number of benzene rings is 1. The molecule has 3 nitrogen and oxygen atoms in total. The van der Waals surface area contributed by atoms with E-state index in [1.54, 1.807) is 7.11 Å². The standard InChI is InChI=1S/C18H29NO2/c1-4-11-19-17(10-9-16-6-5-12-21-16)15-8-7-14(2)18(13-15)20-3/h7-8,13,16-17,19H,4-6,9-12H2,1-3H3. The van der Waals surface area contributed by atoms with Crippen LogP contribution >= 0.6 is 0 Å². The summed E-state index contributed by atoms with van der Waals surface area (Å²) in [6, 6.07) is 6.95. The van der Waals surface area contributed by atoms with Crippen molar-refractivity contribution in [2.75, 3.05) is 20.3 Å². The summed E-state index contributed by atoms with van der Waals surface area (Å²) in [4.78, 5) is 0. The molecule has 0 aliphatic carbocycles. The highest BCUT2D eigenvalue weighted by Gasteiger charge is 2.19. The second-order valence-corrected chi connectivity index (χ2v) is 5.95. The Morgan fingerprint density at radius 1 is 1.43 bits per heavy atom. The third-order valence-electron chi connectivity index (χ3n) is 4.28. The van der Waals surface area contributed by atoms with Crippen molar-refractivity contribution in [1.29, 1.82) is 0 Å². The van der Waals surface area contributed by atoms with Gasteiger partial charge >= 0.3 is 0 Å². The molecule has 21 heavy (non-hydrogen) atoms. The fraction of sp³-hybridized carbons (Fsp3) is 0.667. The second-order valence-electron chi connectivity index (χ2n) is 5.95. The Morgan fingerprint density at radius 3 is 2.95 bits per heavy atom. The zero-order chi connectivity index (χ0) is 15.1. The zero-order valence-electron chi connectivity index (χ0n) is 13.7. The number of methoxy groups -OCH3 is 1. The van der Waals surface area contributed by atoms with Gasteiger partial charge in [0, 0.05) is 12.6 Å². The fourth-order valence-electron chi connectivity index (χ4n) is 2.98. The maximum Gasteiger partial charge on any atom is 0.122 e. The molecule has 2 unspecified atom stereocenters. The molecule has 1 heterocycles. The molecule has 1 saturated heterocycles. The van der Waals surface area contributed by atoms with E-state index in [0.29, 0.717) is 12.1 Å². The summed E-state index contributed by atoms with van der Waals surface area (Å²) >= 11 is 0. The predicted molar refractivity (Wildman–Crippen MR) is 87.0 cm³/mol. The Morgan fingerprint density at radius 2 is 2.29 bits per heavy atom. The smallest absolute Gasteiger partial charge is 0.122 e. The molecule has 0 amide bonds. The first-order chi connectivity index (χ1) is 10.2. The summed E-state index contributed by atoms with van der Waals surface area (Å²) in [6.07, 6.45) is 6.31. The molecular weight excluding hydrogens is 262 g/mol. The van der Waals surface area contributed by atoms with Crippen LogP contribution in [0.3, 0.4) is 0 Å². The first kappa shape index (κ1) is 16.3. The monoisotopic (exact) mass is 291 g/mol. The Hall–Kier alpha value is -1.06. The van der Waals surface area contributed by atoms with E-state index in [2.05, 4.69) is 37.4 Å². The normalized spacial score (nSPS) is 19.7. The van der Waals surface area contributed by atoms with Gasteiger partial charge in [0.15, 0.2) is 0 Å². The molecule has 1 aromatic carbocycles. The fourth-order valence-corrected chi connectivity index (χ4v) is 2.98. The molecule has 2 rings (SSSR count). The molecule has 0 bridgehead atoms. The van der Waals surface area contributed by atoms with Crippen LogP contribution in [-0.4, -0.2) is 26.4 Å². The van der Waals surface area contributed by atoms with Gasteiger partial charge < -0.3 is 14.8 Å². The summed E-state index contributed by atoms with van der Waals surface area (Å²) in [5, 5.41) is 3.67. The molecule has 1 fully saturated rings. The second kappa shape index (κ2) is 8.40. The lowest BCUT2D eigenvalue weighted by Crippen LogP contribution is -2.23. The Balaban J connectivity index is 2.02. The lowest BCUT2D eigenvalue weighted by molar-refractivity contribution is 0.0996. The highest BCUT2D eigenvalue weighted by molar-refractivity contribution is 5.37. The molecule has 0 saturated carbocycles. The first-order valence-corrected chi connectivity index (χ1v) is 8.24. The van der Waals surface area contributed by atoms with E-state index in [0.717, 1.165) is 38.2 Å². The predicted octanol–water partition coefficient (Wildman–Crippen LogP) is 4.00. The van der Waals surface area contributed by atoms with Gasteiger partial charge in [-0.2, -0.15) is 0 Å². The quantitative estimate of drug-likeness (QED) is 0.785. The van der Waals surface area contributed by atoms with Crippen LogP contribution in [0.2, 0.25) is 0 Å². The highest BCUT2D eigenvalue weighted by Crippen LogP contribution is 2.28. The molecular formula is C18H29NO2. The van der Waals surface area contributed by atoms with Crippen molar-refractivity contribution in [2.24, 2.45) is 0 Å². The van der Waals surface area contributed by atoms with Crippen LogP contribution < -0.4 is 10.1 Å². The van der Waals surface area contributed by atoms with Gasteiger partial charge in [0.05, 0.1) is 13.2 Å². The van der Waals surface area contributed by atoms with Crippen molar-refractivity contribution in [3.63, 3.8) is 0 Å². The van der Waals surface area contributed by atoms with Crippen LogP contribution in [0.5, 0.6) is 5.75 Å². The van der Waals surface area contributed by atoms with Gasteiger partial charge in [0.2, 0.25) is 0 Å². The van der Waals surface area contributed by atoms with Crippen molar-refractivity contribution < 1.29 is 9.47 Å². The lowest BCUT2D eigenvalue weighted by Gasteiger charge is -2.21. The largest absolute Gasteiger partial charge is 0.496 e. The third-order valence-corrected chi connectivity index (χ3v) is 4.28. The van der Waals surface area contributed by atoms with Crippen LogP contribution in [-0.2, 0) is 4.74 Å². The molecule has 0 aromatic heterocycles. The molecule has 0 radical (unpaired) electrons. The van der Waals surface area contributed by atoms with Crippen LogP contribution in [0, 0.1) is 6.92 Å². The van der Waals surface area contributed by atoms with Gasteiger partial charge in [-0.05, 0) is 62.8 Å². The van der Waals surface area contributed by atoms with Gasteiger partial charge in [-0.3, -0.25) is 0 Å². The average Bonchev–Trinajstić information content (AvgIpc) is 3.01. The lowest BCUT2D eigenvalue weighted by atomic mass is 9.97. The molecule has 1 aromatic rings. The Labute approximate surface area is 129 Å². The summed E-state index contributed by atoms with van der Waals surface area (Å²) in [7, 11) is 1.74. The summed E-state index contributed by atoms with van der Waals surface area (Å²) < 4.78 is 11.2. The van der Waals surface area contributed by atoms with E-state index in [-0.39, 0.29) is 0 Å². The Bertz CT molecular complexity index is 427. The van der Waals surface area contributed by atoms with Crippen molar-refractivity contribution >= 4 is 0 Å². The van der Waals surface area contributed by atoms with Crippen LogP contribution in [0.25, 0.3) is 0 Å². The van der Waals surface area contributed by atoms with E-state index < -0.39 is 0 Å². The average molecular weight is 291 g/mol. The minimum atomic E-state index is 0.392. The Kier molecular flexibility index (Phi) is 6.52. The maximum absolute atomic E-state index is 5.76. The summed E-state index contributed by atoms with van der Waals surface area (Å²) in [5.41, 5.74) is 2.51. The minimum absolute atomic E-state index is 0.392.